The fourth-order valence-electron chi connectivity index (χ4n) is 4.83. The van der Waals surface area contributed by atoms with Crippen molar-refractivity contribution in [2.24, 2.45) is 11.3 Å². The predicted octanol–water partition coefficient (Wildman–Crippen LogP) is 6.31. The van der Waals surface area contributed by atoms with E-state index in [1.807, 2.05) is 25.3 Å². The molecule has 32 heavy (non-hydrogen) atoms. The van der Waals surface area contributed by atoms with Crippen molar-refractivity contribution in [3.8, 4) is 16.9 Å². The molecular formula is C27H32N2O3. The van der Waals surface area contributed by atoms with E-state index in [1.54, 1.807) is 0 Å². The number of hydrogen-bond donors (Lipinski definition) is 1. The third-order valence-electron chi connectivity index (χ3n) is 7.06. The van der Waals surface area contributed by atoms with Gasteiger partial charge in [0.1, 0.15) is 5.75 Å². The Balaban J connectivity index is 1.43. The maximum atomic E-state index is 11.2. The molecule has 168 valence electrons. The number of fused-ring (bicyclic) bond motifs is 1. The molecule has 0 unspecified atom stereocenters. The van der Waals surface area contributed by atoms with Crippen LogP contribution >= 0.6 is 0 Å². The van der Waals surface area contributed by atoms with Gasteiger partial charge in [-0.2, -0.15) is 0 Å². The van der Waals surface area contributed by atoms with Gasteiger partial charge in [-0.25, -0.2) is 4.79 Å². The van der Waals surface area contributed by atoms with Crippen LogP contribution in [0.4, 0.5) is 4.79 Å². The maximum Gasteiger partial charge on any atom is 0.407 e. The average molecular weight is 433 g/mol. The standard InChI is InChI=1S/C27H32N2O3/c1-18-23(9-10-25-19(2)28-14-11-24(18)25)20-5-7-22(8-6-20)32-17-27(3,4)21-12-15-29(16-13-21)26(30)31/h5-11,14,21H,12-13,15-17H2,1-4H3,(H,30,31). The van der Waals surface area contributed by atoms with Crippen molar-refractivity contribution in [2.45, 2.75) is 40.5 Å². The second kappa shape index (κ2) is 8.81. The number of hydrogen-bond acceptors (Lipinski definition) is 3. The molecule has 1 N–H and O–H groups in total. The van der Waals surface area contributed by atoms with Crippen molar-refractivity contribution in [3.63, 3.8) is 0 Å². The molecule has 1 aliphatic heterocycles. The molecule has 0 spiro atoms. The van der Waals surface area contributed by atoms with Gasteiger partial charge in [-0.05, 0) is 72.9 Å². The van der Waals surface area contributed by atoms with E-state index in [1.165, 1.54) is 32.4 Å². The van der Waals surface area contributed by atoms with E-state index in [0.717, 1.165) is 24.3 Å². The number of pyridine rings is 1. The molecule has 2 heterocycles. The number of carboxylic acid groups (broad SMARTS) is 1. The second-order valence-corrected chi connectivity index (χ2v) is 9.58. The quantitative estimate of drug-likeness (QED) is 0.513. The molecule has 1 aromatic heterocycles. The van der Waals surface area contributed by atoms with Crippen LogP contribution in [0.25, 0.3) is 21.9 Å². The lowest BCUT2D eigenvalue weighted by molar-refractivity contribution is 0.0573. The first-order chi connectivity index (χ1) is 15.3. The molecule has 1 amide bonds. The van der Waals surface area contributed by atoms with Gasteiger partial charge in [-0.3, -0.25) is 4.98 Å². The Hall–Kier alpha value is -3.08. The van der Waals surface area contributed by atoms with E-state index in [-0.39, 0.29) is 5.41 Å². The van der Waals surface area contributed by atoms with E-state index >= 15 is 0 Å². The number of amides is 1. The number of carbonyl (C=O) groups is 1. The van der Waals surface area contributed by atoms with Gasteiger partial charge in [0.05, 0.1) is 6.61 Å². The van der Waals surface area contributed by atoms with E-state index in [2.05, 4.69) is 56.1 Å². The average Bonchev–Trinajstić information content (AvgIpc) is 2.79. The first-order valence-electron chi connectivity index (χ1n) is 11.3. The summed E-state index contributed by atoms with van der Waals surface area (Å²) in [5.41, 5.74) is 4.70. The van der Waals surface area contributed by atoms with Gasteiger partial charge in [-0.1, -0.05) is 38.1 Å². The number of rotatable bonds is 5. The molecule has 0 radical (unpaired) electrons. The smallest absolute Gasteiger partial charge is 0.407 e. The highest BCUT2D eigenvalue weighted by atomic mass is 16.5. The van der Waals surface area contributed by atoms with E-state index in [4.69, 9.17) is 9.84 Å². The number of likely N-dealkylation sites (tertiary alicyclic amines) is 1. The topological polar surface area (TPSA) is 62.7 Å². The number of aromatic nitrogens is 1. The minimum atomic E-state index is -0.814. The summed E-state index contributed by atoms with van der Waals surface area (Å²) in [5.74, 6) is 1.32. The van der Waals surface area contributed by atoms with Crippen LogP contribution in [0.1, 0.15) is 37.9 Å². The van der Waals surface area contributed by atoms with Crippen LogP contribution in [-0.2, 0) is 0 Å². The molecule has 0 atom stereocenters. The Morgan fingerprint density at radius 1 is 1.06 bits per heavy atom. The first kappa shape index (κ1) is 22.1. The zero-order valence-corrected chi connectivity index (χ0v) is 19.4. The predicted molar refractivity (Wildman–Crippen MR) is 128 cm³/mol. The van der Waals surface area contributed by atoms with Crippen molar-refractivity contribution in [3.05, 3.63) is 59.9 Å². The molecule has 5 nitrogen and oxygen atoms in total. The van der Waals surface area contributed by atoms with Gasteiger partial charge < -0.3 is 14.7 Å². The zero-order valence-electron chi connectivity index (χ0n) is 19.4. The van der Waals surface area contributed by atoms with Crippen LogP contribution < -0.4 is 4.74 Å². The minimum absolute atomic E-state index is 0.00983. The van der Waals surface area contributed by atoms with E-state index in [0.29, 0.717) is 25.6 Å². The third-order valence-corrected chi connectivity index (χ3v) is 7.06. The van der Waals surface area contributed by atoms with Crippen molar-refractivity contribution in [1.29, 1.82) is 0 Å². The lowest BCUT2D eigenvalue weighted by Crippen LogP contribution is -2.43. The number of piperidine rings is 1. The van der Waals surface area contributed by atoms with Crippen molar-refractivity contribution < 1.29 is 14.6 Å². The molecular weight excluding hydrogens is 400 g/mol. The van der Waals surface area contributed by atoms with Crippen LogP contribution in [0.3, 0.4) is 0 Å². The summed E-state index contributed by atoms with van der Waals surface area (Å²) in [6, 6.07) is 14.7. The molecule has 2 aromatic carbocycles. The Labute approximate surface area is 190 Å². The maximum absolute atomic E-state index is 11.2. The van der Waals surface area contributed by atoms with E-state index in [9.17, 15) is 4.79 Å². The Morgan fingerprint density at radius 2 is 1.75 bits per heavy atom. The van der Waals surface area contributed by atoms with Crippen molar-refractivity contribution in [2.75, 3.05) is 19.7 Å². The number of benzene rings is 2. The van der Waals surface area contributed by atoms with Crippen molar-refractivity contribution >= 4 is 16.9 Å². The Bertz CT molecular complexity index is 1110. The first-order valence-corrected chi connectivity index (χ1v) is 11.3. The highest BCUT2D eigenvalue weighted by molar-refractivity contribution is 5.92. The molecule has 1 fully saturated rings. The number of ether oxygens (including phenoxy) is 1. The summed E-state index contributed by atoms with van der Waals surface area (Å²) in [4.78, 5) is 17.1. The monoisotopic (exact) mass is 432 g/mol. The highest BCUT2D eigenvalue weighted by Crippen LogP contribution is 2.36. The van der Waals surface area contributed by atoms with Crippen molar-refractivity contribution in [1.82, 2.24) is 9.88 Å². The van der Waals surface area contributed by atoms with Crippen LogP contribution in [0.2, 0.25) is 0 Å². The summed E-state index contributed by atoms with van der Waals surface area (Å²) in [7, 11) is 0. The Kier molecular flexibility index (Phi) is 6.09. The van der Waals surface area contributed by atoms with E-state index < -0.39 is 6.09 Å². The molecule has 1 aliphatic rings. The summed E-state index contributed by atoms with van der Waals surface area (Å²) in [5, 5.41) is 11.6. The summed E-state index contributed by atoms with van der Waals surface area (Å²) in [6.45, 7) is 10.5. The lowest BCUT2D eigenvalue weighted by Gasteiger charge is -2.39. The second-order valence-electron chi connectivity index (χ2n) is 9.58. The third kappa shape index (κ3) is 4.43. The fraction of sp³-hybridized carbons (Fsp3) is 0.407. The summed E-state index contributed by atoms with van der Waals surface area (Å²) >= 11 is 0. The molecule has 0 bridgehead atoms. The van der Waals surface area contributed by atoms with Gasteiger partial charge in [0.15, 0.2) is 0 Å². The van der Waals surface area contributed by atoms with Crippen LogP contribution in [0.5, 0.6) is 5.75 Å². The van der Waals surface area contributed by atoms with Gasteiger partial charge in [-0.15, -0.1) is 0 Å². The fourth-order valence-corrected chi connectivity index (χ4v) is 4.83. The molecule has 0 saturated carbocycles. The Morgan fingerprint density at radius 3 is 2.41 bits per heavy atom. The largest absolute Gasteiger partial charge is 0.493 e. The molecule has 0 aliphatic carbocycles. The highest BCUT2D eigenvalue weighted by Gasteiger charge is 2.34. The normalized spacial score (nSPS) is 15.2. The van der Waals surface area contributed by atoms with Gasteiger partial charge >= 0.3 is 6.09 Å². The van der Waals surface area contributed by atoms with Gasteiger partial charge in [0.2, 0.25) is 0 Å². The van der Waals surface area contributed by atoms with Crippen LogP contribution in [-0.4, -0.2) is 40.8 Å². The van der Waals surface area contributed by atoms with Gasteiger partial charge in [0.25, 0.3) is 0 Å². The SMILES string of the molecule is Cc1nccc2c(C)c(-c3ccc(OCC(C)(C)C4CCN(C(=O)O)CC4)cc3)ccc12. The summed E-state index contributed by atoms with van der Waals surface area (Å²) < 4.78 is 6.17. The van der Waals surface area contributed by atoms with Gasteiger partial charge in [0, 0.05) is 35.8 Å². The molecule has 5 heteroatoms. The van der Waals surface area contributed by atoms with Crippen LogP contribution in [0.15, 0.2) is 48.7 Å². The van der Waals surface area contributed by atoms with Crippen LogP contribution in [0, 0.1) is 25.2 Å². The summed E-state index contributed by atoms with van der Waals surface area (Å²) in [6.07, 6.45) is 2.83. The molecule has 4 rings (SSSR count). The number of aryl methyl sites for hydroxylation is 2. The number of nitrogens with zero attached hydrogens (tertiary/aromatic N) is 2. The lowest BCUT2D eigenvalue weighted by atomic mass is 9.74. The zero-order chi connectivity index (χ0) is 22.9. The minimum Gasteiger partial charge on any atom is -0.493 e. The molecule has 1 saturated heterocycles. The molecule has 3 aromatic rings.